The maximum Gasteiger partial charge on any atom is 0.240 e. The highest BCUT2D eigenvalue weighted by molar-refractivity contribution is 7.89. The summed E-state index contributed by atoms with van der Waals surface area (Å²) in [5, 5.41) is 0. The Kier molecular flexibility index (Phi) is 7.94. The lowest BCUT2D eigenvalue weighted by molar-refractivity contribution is 0.285. The summed E-state index contributed by atoms with van der Waals surface area (Å²) in [5.74, 6) is 1.37. The van der Waals surface area contributed by atoms with Crippen LogP contribution in [0.1, 0.15) is 31.7 Å². The number of nitrogen functional groups attached to an aromatic ring is 1. The van der Waals surface area contributed by atoms with E-state index in [-0.39, 0.29) is 11.4 Å². The number of nitrogens with two attached hydrogens (primary N) is 1. The molecular weight excluding hydrogens is 364 g/mol. The molecule has 0 aliphatic heterocycles. The number of rotatable bonds is 11. The van der Waals surface area contributed by atoms with Crippen LogP contribution < -0.4 is 19.9 Å². The van der Waals surface area contributed by atoms with Gasteiger partial charge in [-0.05, 0) is 54.8 Å². The van der Waals surface area contributed by atoms with E-state index < -0.39 is 10.0 Å². The number of methoxy groups -OCH3 is 1. The minimum atomic E-state index is -3.55. The smallest absolute Gasteiger partial charge is 0.240 e. The normalized spacial score (nSPS) is 11.3. The van der Waals surface area contributed by atoms with E-state index in [4.69, 9.17) is 15.2 Å². The molecule has 2 aromatic rings. The van der Waals surface area contributed by atoms with Crippen LogP contribution in [0.25, 0.3) is 0 Å². The van der Waals surface area contributed by atoms with E-state index in [0.717, 1.165) is 24.8 Å². The second kappa shape index (κ2) is 10.2. The summed E-state index contributed by atoms with van der Waals surface area (Å²) in [4.78, 5) is 0.200. The van der Waals surface area contributed by atoms with Gasteiger partial charge in [-0.25, -0.2) is 13.1 Å². The molecule has 0 saturated carbocycles. The average molecular weight is 393 g/mol. The molecule has 0 spiro atoms. The number of benzene rings is 2. The largest absolute Gasteiger partial charge is 0.493 e. The van der Waals surface area contributed by atoms with Crippen molar-refractivity contribution in [3.05, 3.63) is 48.0 Å². The first-order chi connectivity index (χ1) is 13.0. The summed E-state index contributed by atoms with van der Waals surface area (Å²) < 4.78 is 38.4. The van der Waals surface area contributed by atoms with Gasteiger partial charge in [-0.2, -0.15) is 0 Å². The number of anilines is 1. The Labute approximate surface area is 161 Å². The van der Waals surface area contributed by atoms with E-state index in [9.17, 15) is 8.42 Å². The van der Waals surface area contributed by atoms with Gasteiger partial charge < -0.3 is 15.2 Å². The summed E-state index contributed by atoms with van der Waals surface area (Å²) in [7, 11) is -1.95. The summed E-state index contributed by atoms with van der Waals surface area (Å²) in [6, 6.07) is 11.8. The molecule has 0 amide bonds. The summed E-state index contributed by atoms with van der Waals surface area (Å²) in [5.41, 5.74) is 7.10. The fourth-order valence-electron chi connectivity index (χ4n) is 2.58. The maximum atomic E-state index is 12.3. The molecule has 2 rings (SSSR count). The van der Waals surface area contributed by atoms with Gasteiger partial charge in [0.2, 0.25) is 10.0 Å². The molecule has 0 bridgehead atoms. The van der Waals surface area contributed by atoms with Crippen molar-refractivity contribution in [2.75, 3.05) is 26.0 Å². The molecule has 0 heterocycles. The molecule has 6 nitrogen and oxygen atoms in total. The van der Waals surface area contributed by atoms with Crippen LogP contribution in [0.15, 0.2) is 47.4 Å². The van der Waals surface area contributed by atoms with Crippen molar-refractivity contribution < 1.29 is 17.9 Å². The van der Waals surface area contributed by atoms with Crippen LogP contribution in [0.5, 0.6) is 11.5 Å². The Morgan fingerprint density at radius 3 is 2.44 bits per heavy atom. The van der Waals surface area contributed by atoms with E-state index >= 15 is 0 Å². The number of sulfonamides is 1. The molecule has 0 unspecified atom stereocenters. The first kappa shape index (κ1) is 21.1. The lowest BCUT2D eigenvalue weighted by atomic mass is 10.1. The van der Waals surface area contributed by atoms with Gasteiger partial charge >= 0.3 is 0 Å². The van der Waals surface area contributed by atoms with E-state index in [1.54, 1.807) is 19.2 Å². The maximum absolute atomic E-state index is 12.3. The molecule has 3 N–H and O–H groups in total. The van der Waals surface area contributed by atoms with E-state index in [1.165, 1.54) is 12.1 Å². The van der Waals surface area contributed by atoms with E-state index in [0.29, 0.717) is 30.2 Å². The third-order valence-corrected chi connectivity index (χ3v) is 5.61. The van der Waals surface area contributed by atoms with Gasteiger partial charge in [-0.3, -0.25) is 0 Å². The first-order valence-corrected chi connectivity index (χ1v) is 10.6. The molecule has 7 heteroatoms. The van der Waals surface area contributed by atoms with Gasteiger partial charge in [0.15, 0.2) is 11.5 Å². The molecule has 2 aromatic carbocycles. The van der Waals surface area contributed by atoms with Gasteiger partial charge in [-0.15, -0.1) is 0 Å². The van der Waals surface area contributed by atoms with Crippen molar-refractivity contribution >= 4 is 15.7 Å². The predicted molar refractivity (Wildman–Crippen MR) is 108 cm³/mol. The van der Waals surface area contributed by atoms with Crippen LogP contribution in [0.2, 0.25) is 0 Å². The van der Waals surface area contributed by atoms with Gasteiger partial charge in [0.1, 0.15) is 0 Å². The molecule has 27 heavy (non-hydrogen) atoms. The van der Waals surface area contributed by atoms with E-state index in [2.05, 4.69) is 11.6 Å². The lowest BCUT2D eigenvalue weighted by Gasteiger charge is -2.13. The number of ether oxygens (including phenoxy) is 2. The van der Waals surface area contributed by atoms with Crippen LogP contribution in [-0.2, 0) is 16.4 Å². The van der Waals surface area contributed by atoms with Crippen molar-refractivity contribution in [2.24, 2.45) is 0 Å². The standard InChI is InChI=1S/C20H28N2O4S/c1-3-4-5-14-26-20-15-16(6-11-19(20)25-2)12-13-22-27(23,24)18-9-7-17(21)8-10-18/h6-11,15,22H,3-5,12-14,21H2,1-2H3. The molecule has 0 aromatic heterocycles. The highest BCUT2D eigenvalue weighted by atomic mass is 32.2. The molecule has 0 fully saturated rings. The monoisotopic (exact) mass is 392 g/mol. The minimum absolute atomic E-state index is 0.200. The topological polar surface area (TPSA) is 90.7 Å². The van der Waals surface area contributed by atoms with Crippen molar-refractivity contribution in [2.45, 2.75) is 37.5 Å². The van der Waals surface area contributed by atoms with Crippen LogP contribution in [0, 0.1) is 0 Å². The Morgan fingerprint density at radius 1 is 1.04 bits per heavy atom. The molecule has 0 saturated heterocycles. The van der Waals surface area contributed by atoms with Crippen LogP contribution in [0.4, 0.5) is 5.69 Å². The number of hydrogen-bond acceptors (Lipinski definition) is 5. The fraction of sp³-hybridized carbons (Fsp3) is 0.400. The zero-order valence-electron chi connectivity index (χ0n) is 15.9. The molecule has 148 valence electrons. The quantitative estimate of drug-likeness (QED) is 0.452. The molecule has 0 aliphatic carbocycles. The predicted octanol–water partition coefficient (Wildman–Crippen LogP) is 3.37. The molecule has 0 aliphatic rings. The van der Waals surface area contributed by atoms with Crippen LogP contribution in [-0.4, -0.2) is 28.7 Å². The zero-order valence-corrected chi connectivity index (χ0v) is 16.7. The number of nitrogens with one attached hydrogen (secondary N) is 1. The highest BCUT2D eigenvalue weighted by Crippen LogP contribution is 2.28. The Hall–Kier alpha value is -2.25. The van der Waals surface area contributed by atoms with Crippen molar-refractivity contribution in [1.82, 2.24) is 4.72 Å². The van der Waals surface area contributed by atoms with Crippen molar-refractivity contribution in [1.29, 1.82) is 0 Å². The fourth-order valence-corrected chi connectivity index (χ4v) is 3.62. The molecule has 0 radical (unpaired) electrons. The lowest BCUT2D eigenvalue weighted by Crippen LogP contribution is -2.26. The third kappa shape index (κ3) is 6.45. The summed E-state index contributed by atoms with van der Waals surface area (Å²) in [6.07, 6.45) is 3.79. The van der Waals surface area contributed by atoms with Gasteiger partial charge in [0, 0.05) is 12.2 Å². The van der Waals surface area contributed by atoms with Crippen molar-refractivity contribution in [3.63, 3.8) is 0 Å². The zero-order chi connectivity index (χ0) is 19.7. The van der Waals surface area contributed by atoms with Gasteiger partial charge in [0.05, 0.1) is 18.6 Å². The third-order valence-electron chi connectivity index (χ3n) is 4.13. The SMILES string of the molecule is CCCCCOc1cc(CCNS(=O)(=O)c2ccc(N)cc2)ccc1OC. The van der Waals surface area contributed by atoms with Crippen LogP contribution >= 0.6 is 0 Å². The minimum Gasteiger partial charge on any atom is -0.493 e. The van der Waals surface area contributed by atoms with E-state index in [1.807, 2.05) is 18.2 Å². The van der Waals surface area contributed by atoms with Gasteiger partial charge in [-0.1, -0.05) is 25.8 Å². The number of hydrogen-bond donors (Lipinski definition) is 2. The second-order valence-electron chi connectivity index (χ2n) is 6.26. The van der Waals surface area contributed by atoms with Gasteiger partial charge in [0.25, 0.3) is 0 Å². The second-order valence-corrected chi connectivity index (χ2v) is 8.02. The Balaban J connectivity index is 1.95. The van der Waals surface area contributed by atoms with Crippen molar-refractivity contribution in [3.8, 4) is 11.5 Å². The summed E-state index contributed by atoms with van der Waals surface area (Å²) >= 11 is 0. The Bertz CT molecular complexity index is 820. The first-order valence-electron chi connectivity index (χ1n) is 9.11. The molecule has 0 atom stereocenters. The summed E-state index contributed by atoms with van der Waals surface area (Å²) in [6.45, 7) is 3.07. The highest BCUT2D eigenvalue weighted by Gasteiger charge is 2.13. The number of unbranched alkanes of at least 4 members (excludes halogenated alkanes) is 2. The molecular formula is C20H28N2O4S. The average Bonchev–Trinajstić information content (AvgIpc) is 2.65. The van der Waals surface area contributed by atoms with Crippen LogP contribution in [0.3, 0.4) is 0 Å². The Morgan fingerprint density at radius 2 is 1.78 bits per heavy atom.